The van der Waals surface area contributed by atoms with Gasteiger partial charge in [-0.25, -0.2) is 4.98 Å². The van der Waals surface area contributed by atoms with E-state index in [1.165, 1.54) is 11.3 Å². The Labute approximate surface area is 142 Å². The predicted octanol–water partition coefficient (Wildman–Crippen LogP) is 3.58. The number of nitrogens with zero attached hydrogens (tertiary/aromatic N) is 4. The highest BCUT2D eigenvalue weighted by molar-refractivity contribution is 7.21. The lowest BCUT2D eigenvalue weighted by atomic mass is 10.1. The zero-order chi connectivity index (χ0) is 15.8. The summed E-state index contributed by atoms with van der Waals surface area (Å²) < 4.78 is 1.79. The van der Waals surface area contributed by atoms with Crippen molar-refractivity contribution >= 4 is 28.6 Å². The molecular weight excluding hydrogens is 328 g/mol. The minimum Gasteiger partial charge on any atom is -0.331 e. The fourth-order valence-corrected chi connectivity index (χ4v) is 4.67. The maximum atomic E-state index is 12.9. The van der Waals surface area contributed by atoms with E-state index in [1.54, 1.807) is 22.2 Å². The molecule has 1 aliphatic heterocycles. The van der Waals surface area contributed by atoms with Crippen molar-refractivity contribution in [3.8, 4) is 9.88 Å². The van der Waals surface area contributed by atoms with E-state index >= 15 is 0 Å². The van der Waals surface area contributed by atoms with Crippen LogP contribution in [0.1, 0.15) is 34.1 Å². The van der Waals surface area contributed by atoms with Gasteiger partial charge in [0.15, 0.2) is 0 Å². The van der Waals surface area contributed by atoms with Crippen molar-refractivity contribution in [1.29, 1.82) is 0 Å². The molecule has 4 heterocycles. The molecule has 0 bridgehead atoms. The maximum absolute atomic E-state index is 12.9. The predicted molar refractivity (Wildman–Crippen MR) is 91.6 cm³/mol. The monoisotopic (exact) mass is 344 g/mol. The van der Waals surface area contributed by atoms with Crippen LogP contribution in [-0.2, 0) is 7.05 Å². The highest BCUT2D eigenvalue weighted by Crippen LogP contribution is 2.35. The van der Waals surface area contributed by atoms with Gasteiger partial charge < -0.3 is 4.90 Å². The molecule has 1 amide bonds. The van der Waals surface area contributed by atoms with Crippen LogP contribution in [0.4, 0.5) is 0 Å². The average molecular weight is 344 g/mol. The maximum Gasteiger partial charge on any atom is 0.266 e. The number of likely N-dealkylation sites (tertiary alicyclic amines) is 1. The van der Waals surface area contributed by atoms with Crippen molar-refractivity contribution < 1.29 is 4.79 Å². The van der Waals surface area contributed by atoms with Gasteiger partial charge in [-0.2, -0.15) is 5.10 Å². The molecule has 7 heteroatoms. The van der Waals surface area contributed by atoms with Gasteiger partial charge in [0.1, 0.15) is 9.88 Å². The largest absolute Gasteiger partial charge is 0.331 e. The minimum atomic E-state index is 0.0802. The second kappa shape index (κ2) is 5.90. The van der Waals surface area contributed by atoms with Crippen LogP contribution >= 0.6 is 22.7 Å². The van der Waals surface area contributed by atoms with E-state index in [0.29, 0.717) is 4.88 Å². The summed E-state index contributed by atoms with van der Waals surface area (Å²) in [5.41, 5.74) is 1.11. The van der Waals surface area contributed by atoms with Gasteiger partial charge in [0.2, 0.25) is 0 Å². The molecule has 1 saturated heterocycles. The van der Waals surface area contributed by atoms with Crippen LogP contribution < -0.4 is 0 Å². The van der Waals surface area contributed by atoms with Crippen LogP contribution in [0, 0.1) is 0 Å². The summed E-state index contributed by atoms with van der Waals surface area (Å²) in [4.78, 5) is 21.1. The van der Waals surface area contributed by atoms with Gasteiger partial charge in [0, 0.05) is 25.4 Å². The number of hydrogen-bond donors (Lipinski definition) is 0. The fourth-order valence-electron chi connectivity index (χ4n) is 3.00. The van der Waals surface area contributed by atoms with Gasteiger partial charge in [0.25, 0.3) is 5.91 Å². The van der Waals surface area contributed by atoms with E-state index in [0.717, 1.165) is 34.8 Å². The third kappa shape index (κ3) is 2.70. The third-order valence-corrected chi connectivity index (χ3v) is 6.10. The summed E-state index contributed by atoms with van der Waals surface area (Å²) >= 11 is 3.12. The molecule has 1 fully saturated rings. The number of aromatic nitrogens is 3. The van der Waals surface area contributed by atoms with E-state index in [9.17, 15) is 4.79 Å². The molecule has 0 saturated carbocycles. The van der Waals surface area contributed by atoms with Gasteiger partial charge in [-0.15, -0.1) is 22.7 Å². The van der Waals surface area contributed by atoms with Crippen LogP contribution in [-0.4, -0.2) is 32.1 Å². The van der Waals surface area contributed by atoms with Crippen molar-refractivity contribution in [2.45, 2.75) is 18.9 Å². The lowest BCUT2D eigenvalue weighted by Gasteiger charge is -2.23. The molecule has 23 heavy (non-hydrogen) atoms. The van der Waals surface area contributed by atoms with Crippen LogP contribution in [0.15, 0.2) is 36.1 Å². The first-order valence-electron chi connectivity index (χ1n) is 7.51. The Hall–Kier alpha value is -1.99. The Balaban J connectivity index is 1.58. The second-order valence-electron chi connectivity index (χ2n) is 5.61. The molecule has 0 N–H and O–H groups in total. The number of amides is 1. The highest BCUT2D eigenvalue weighted by atomic mass is 32.1. The molecule has 0 spiro atoms. The number of rotatable bonds is 3. The van der Waals surface area contributed by atoms with Gasteiger partial charge in [0.05, 0.1) is 23.3 Å². The highest BCUT2D eigenvalue weighted by Gasteiger charge is 2.32. The van der Waals surface area contributed by atoms with E-state index < -0.39 is 0 Å². The Bertz CT molecular complexity index is 821. The Morgan fingerprint density at radius 3 is 3.04 bits per heavy atom. The van der Waals surface area contributed by atoms with Crippen molar-refractivity contribution in [3.63, 3.8) is 0 Å². The van der Waals surface area contributed by atoms with Crippen LogP contribution in [0.2, 0.25) is 0 Å². The first-order chi connectivity index (χ1) is 11.2. The lowest BCUT2D eigenvalue weighted by Crippen LogP contribution is -2.29. The average Bonchev–Trinajstić information content (AvgIpc) is 3.31. The summed E-state index contributed by atoms with van der Waals surface area (Å²) in [7, 11) is 1.90. The first-order valence-corrected chi connectivity index (χ1v) is 9.21. The SMILES string of the molecule is Cn1cc([C@@H]2CCCN2C(=O)c2cnc(-c3cccs3)s2)cn1. The zero-order valence-corrected chi connectivity index (χ0v) is 14.3. The zero-order valence-electron chi connectivity index (χ0n) is 12.7. The molecule has 3 aromatic rings. The normalized spacial score (nSPS) is 17.8. The molecule has 118 valence electrons. The Morgan fingerprint density at radius 2 is 2.30 bits per heavy atom. The van der Waals surface area contributed by atoms with Crippen LogP contribution in [0.25, 0.3) is 9.88 Å². The number of thiazole rings is 1. The molecular formula is C16H16N4OS2. The number of carbonyl (C=O) groups excluding carboxylic acids is 1. The molecule has 3 aromatic heterocycles. The number of aryl methyl sites for hydroxylation is 1. The van der Waals surface area contributed by atoms with Gasteiger partial charge >= 0.3 is 0 Å². The summed E-state index contributed by atoms with van der Waals surface area (Å²) in [6.45, 7) is 0.796. The van der Waals surface area contributed by atoms with Gasteiger partial charge in [-0.1, -0.05) is 6.07 Å². The summed E-state index contributed by atoms with van der Waals surface area (Å²) in [5, 5.41) is 7.18. The molecule has 1 atom stereocenters. The standard InChI is InChI=1S/C16H16N4OS2/c1-19-10-11(8-18-19)12-4-2-6-20(12)16(21)14-9-17-15(23-14)13-5-3-7-22-13/h3,5,7-10,12H,2,4,6H2,1H3/t12-/m0/s1. The molecule has 1 aliphatic rings. The van der Waals surface area contributed by atoms with Crippen molar-refractivity contribution in [2.75, 3.05) is 6.54 Å². The van der Waals surface area contributed by atoms with Crippen molar-refractivity contribution in [2.24, 2.45) is 7.05 Å². The van der Waals surface area contributed by atoms with E-state index in [1.807, 2.05) is 41.9 Å². The smallest absolute Gasteiger partial charge is 0.266 e. The van der Waals surface area contributed by atoms with Crippen molar-refractivity contribution in [1.82, 2.24) is 19.7 Å². The summed E-state index contributed by atoms with van der Waals surface area (Å²) in [5.74, 6) is 0.0802. The van der Waals surface area contributed by atoms with Crippen LogP contribution in [0.5, 0.6) is 0 Å². The molecule has 5 nitrogen and oxygen atoms in total. The third-order valence-electron chi connectivity index (χ3n) is 4.07. The number of hydrogen-bond acceptors (Lipinski definition) is 5. The topological polar surface area (TPSA) is 51.0 Å². The Kier molecular flexibility index (Phi) is 3.74. The molecule has 0 unspecified atom stereocenters. The van der Waals surface area contributed by atoms with Crippen molar-refractivity contribution in [3.05, 3.63) is 46.5 Å². The number of thiophene rings is 1. The first kappa shape index (κ1) is 14.6. The van der Waals surface area contributed by atoms with E-state index in [2.05, 4.69) is 10.1 Å². The Morgan fingerprint density at radius 1 is 1.39 bits per heavy atom. The van der Waals surface area contributed by atoms with Crippen LogP contribution in [0.3, 0.4) is 0 Å². The molecule has 0 aliphatic carbocycles. The molecule has 0 aromatic carbocycles. The van der Waals surface area contributed by atoms with Gasteiger partial charge in [-0.3, -0.25) is 9.48 Å². The minimum absolute atomic E-state index is 0.0802. The summed E-state index contributed by atoms with van der Waals surface area (Å²) in [6, 6.07) is 4.16. The molecule has 4 rings (SSSR count). The van der Waals surface area contributed by atoms with Gasteiger partial charge in [-0.05, 0) is 24.3 Å². The van der Waals surface area contributed by atoms with E-state index in [4.69, 9.17) is 0 Å². The lowest BCUT2D eigenvalue weighted by molar-refractivity contribution is 0.0740. The van der Waals surface area contributed by atoms with E-state index in [-0.39, 0.29) is 11.9 Å². The quantitative estimate of drug-likeness (QED) is 0.730. The molecule has 0 radical (unpaired) electrons. The second-order valence-corrected chi connectivity index (χ2v) is 7.59. The fraction of sp³-hybridized carbons (Fsp3) is 0.312. The number of carbonyl (C=O) groups is 1. The summed E-state index contributed by atoms with van der Waals surface area (Å²) in [6.07, 6.45) is 7.59.